The predicted octanol–water partition coefficient (Wildman–Crippen LogP) is 3.19. The molecule has 1 fully saturated rings. The van der Waals surface area contributed by atoms with Crippen LogP contribution in [-0.2, 0) is 10.6 Å². The van der Waals surface area contributed by atoms with Gasteiger partial charge in [0.25, 0.3) is 0 Å². The SMILES string of the molecule is FC(F)Oc1ccc(CCl)cc1OC1CCOC1. The number of alkyl halides is 3. The van der Waals surface area contributed by atoms with Gasteiger partial charge in [-0.25, -0.2) is 0 Å². The normalized spacial score (nSPS) is 19.2. The highest BCUT2D eigenvalue weighted by atomic mass is 35.5. The van der Waals surface area contributed by atoms with E-state index in [1.54, 1.807) is 12.1 Å². The van der Waals surface area contributed by atoms with E-state index in [0.29, 0.717) is 13.2 Å². The molecule has 0 aliphatic carbocycles. The summed E-state index contributed by atoms with van der Waals surface area (Å²) < 4.78 is 39.7. The van der Waals surface area contributed by atoms with Gasteiger partial charge in [-0.15, -0.1) is 11.6 Å². The van der Waals surface area contributed by atoms with Crippen LogP contribution in [0.25, 0.3) is 0 Å². The zero-order valence-corrected chi connectivity index (χ0v) is 10.3. The Balaban J connectivity index is 2.16. The number of rotatable bonds is 5. The Morgan fingerprint density at radius 1 is 1.39 bits per heavy atom. The summed E-state index contributed by atoms with van der Waals surface area (Å²) in [5.41, 5.74) is 0.784. The van der Waals surface area contributed by atoms with Crippen molar-refractivity contribution in [3.05, 3.63) is 23.8 Å². The smallest absolute Gasteiger partial charge is 0.387 e. The standard InChI is InChI=1S/C12H13ClF2O3/c13-6-8-1-2-10(18-12(14)15)11(5-8)17-9-3-4-16-7-9/h1-2,5,9,12H,3-4,6-7H2. The first-order valence-electron chi connectivity index (χ1n) is 5.57. The van der Waals surface area contributed by atoms with Crippen LogP contribution >= 0.6 is 11.6 Å². The first-order chi connectivity index (χ1) is 8.69. The molecule has 2 rings (SSSR count). The fourth-order valence-electron chi connectivity index (χ4n) is 1.71. The van der Waals surface area contributed by atoms with Crippen LogP contribution in [0.15, 0.2) is 18.2 Å². The molecular formula is C12H13ClF2O3. The molecule has 0 spiro atoms. The van der Waals surface area contributed by atoms with E-state index < -0.39 is 6.61 Å². The van der Waals surface area contributed by atoms with Gasteiger partial charge in [-0.1, -0.05) is 6.07 Å². The van der Waals surface area contributed by atoms with Gasteiger partial charge in [-0.05, 0) is 17.7 Å². The van der Waals surface area contributed by atoms with E-state index in [2.05, 4.69) is 4.74 Å². The van der Waals surface area contributed by atoms with Crippen LogP contribution in [0.1, 0.15) is 12.0 Å². The molecule has 1 heterocycles. The molecule has 1 aliphatic heterocycles. The van der Waals surface area contributed by atoms with E-state index in [1.807, 2.05) is 0 Å². The lowest BCUT2D eigenvalue weighted by Crippen LogP contribution is -2.17. The molecule has 1 atom stereocenters. The van der Waals surface area contributed by atoms with Gasteiger partial charge in [0.2, 0.25) is 0 Å². The molecule has 6 heteroatoms. The summed E-state index contributed by atoms with van der Waals surface area (Å²) in [4.78, 5) is 0. The Bertz CT molecular complexity index is 395. The molecule has 18 heavy (non-hydrogen) atoms. The maximum absolute atomic E-state index is 12.3. The molecule has 1 saturated heterocycles. The summed E-state index contributed by atoms with van der Waals surface area (Å²) in [6, 6.07) is 4.68. The maximum Gasteiger partial charge on any atom is 0.387 e. The van der Waals surface area contributed by atoms with Crippen LogP contribution in [0.5, 0.6) is 11.5 Å². The maximum atomic E-state index is 12.3. The summed E-state index contributed by atoms with van der Waals surface area (Å²) in [5, 5.41) is 0. The average Bonchev–Trinajstić information content (AvgIpc) is 2.83. The summed E-state index contributed by atoms with van der Waals surface area (Å²) >= 11 is 5.70. The molecule has 0 saturated carbocycles. The van der Waals surface area contributed by atoms with Crippen molar-refractivity contribution in [2.75, 3.05) is 13.2 Å². The second kappa shape index (κ2) is 6.20. The van der Waals surface area contributed by atoms with Gasteiger partial charge in [0, 0.05) is 12.3 Å². The Morgan fingerprint density at radius 2 is 2.22 bits per heavy atom. The average molecular weight is 279 g/mol. The largest absolute Gasteiger partial charge is 0.484 e. The fraction of sp³-hybridized carbons (Fsp3) is 0.500. The summed E-state index contributed by atoms with van der Waals surface area (Å²) in [6.07, 6.45) is 0.606. The van der Waals surface area contributed by atoms with Crippen LogP contribution in [0.3, 0.4) is 0 Å². The van der Waals surface area contributed by atoms with E-state index in [0.717, 1.165) is 12.0 Å². The van der Waals surface area contributed by atoms with Crippen molar-refractivity contribution in [2.24, 2.45) is 0 Å². The number of hydrogen-bond donors (Lipinski definition) is 0. The van der Waals surface area contributed by atoms with Crippen molar-refractivity contribution in [3.8, 4) is 11.5 Å². The third-order valence-electron chi connectivity index (χ3n) is 2.56. The number of halogens is 3. The fourth-order valence-corrected chi connectivity index (χ4v) is 1.87. The van der Waals surface area contributed by atoms with Gasteiger partial charge in [0.15, 0.2) is 11.5 Å². The Kier molecular flexibility index (Phi) is 4.60. The van der Waals surface area contributed by atoms with Gasteiger partial charge in [-0.3, -0.25) is 0 Å². The molecule has 0 radical (unpaired) electrons. The second-order valence-electron chi connectivity index (χ2n) is 3.90. The molecule has 1 unspecified atom stereocenters. The van der Waals surface area contributed by atoms with Crippen molar-refractivity contribution in [3.63, 3.8) is 0 Å². The molecule has 100 valence electrons. The summed E-state index contributed by atoms with van der Waals surface area (Å²) in [7, 11) is 0. The highest BCUT2D eigenvalue weighted by Gasteiger charge is 2.20. The monoisotopic (exact) mass is 278 g/mol. The van der Waals surface area contributed by atoms with Gasteiger partial charge < -0.3 is 14.2 Å². The quantitative estimate of drug-likeness (QED) is 0.774. The first kappa shape index (κ1) is 13.4. The lowest BCUT2D eigenvalue weighted by molar-refractivity contribution is -0.0521. The molecule has 1 aromatic rings. The van der Waals surface area contributed by atoms with Gasteiger partial charge in [0.1, 0.15) is 6.10 Å². The summed E-state index contributed by atoms with van der Waals surface area (Å²) in [6.45, 7) is -1.81. The van der Waals surface area contributed by atoms with E-state index in [1.165, 1.54) is 6.07 Å². The van der Waals surface area contributed by atoms with Crippen molar-refractivity contribution in [1.29, 1.82) is 0 Å². The lowest BCUT2D eigenvalue weighted by Gasteiger charge is -2.16. The Labute approximate surface area is 109 Å². The lowest BCUT2D eigenvalue weighted by atomic mass is 10.2. The van der Waals surface area contributed by atoms with Crippen molar-refractivity contribution >= 4 is 11.6 Å². The van der Waals surface area contributed by atoms with Crippen LogP contribution in [0.4, 0.5) is 8.78 Å². The molecule has 1 aromatic carbocycles. The van der Waals surface area contributed by atoms with Gasteiger partial charge >= 0.3 is 6.61 Å². The Hall–Kier alpha value is -1.07. The second-order valence-corrected chi connectivity index (χ2v) is 4.16. The topological polar surface area (TPSA) is 27.7 Å². The number of benzene rings is 1. The first-order valence-corrected chi connectivity index (χ1v) is 6.10. The van der Waals surface area contributed by atoms with Crippen molar-refractivity contribution in [2.45, 2.75) is 25.0 Å². The minimum atomic E-state index is -2.88. The molecule has 0 amide bonds. The zero-order valence-electron chi connectivity index (χ0n) is 9.57. The molecule has 0 bridgehead atoms. The minimum Gasteiger partial charge on any atom is -0.484 e. The van der Waals surface area contributed by atoms with Gasteiger partial charge in [-0.2, -0.15) is 8.78 Å². The van der Waals surface area contributed by atoms with Crippen LogP contribution in [0, 0.1) is 0 Å². The molecule has 0 N–H and O–H groups in total. The molecule has 1 aliphatic rings. The highest BCUT2D eigenvalue weighted by Crippen LogP contribution is 2.32. The van der Waals surface area contributed by atoms with E-state index in [9.17, 15) is 8.78 Å². The van der Waals surface area contributed by atoms with Crippen molar-refractivity contribution < 1.29 is 23.0 Å². The predicted molar refractivity (Wildman–Crippen MR) is 62.5 cm³/mol. The molecular weight excluding hydrogens is 266 g/mol. The molecule has 3 nitrogen and oxygen atoms in total. The third-order valence-corrected chi connectivity index (χ3v) is 2.87. The Morgan fingerprint density at radius 3 is 2.83 bits per heavy atom. The molecule has 0 aromatic heterocycles. The van der Waals surface area contributed by atoms with Crippen LogP contribution in [-0.4, -0.2) is 25.9 Å². The minimum absolute atomic E-state index is 0.0192. The number of hydrogen-bond acceptors (Lipinski definition) is 3. The van der Waals surface area contributed by atoms with E-state index in [4.69, 9.17) is 21.1 Å². The van der Waals surface area contributed by atoms with Crippen LogP contribution in [0.2, 0.25) is 0 Å². The van der Waals surface area contributed by atoms with Crippen LogP contribution < -0.4 is 9.47 Å². The number of ether oxygens (including phenoxy) is 3. The van der Waals surface area contributed by atoms with Gasteiger partial charge in [0.05, 0.1) is 13.2 Å². The zero-order chi connectivity index (χ0) is 13.0. The third kappa shape index (κ3) is 3.46. The van der Waals surface area contributed by atoms with E-state index >= 15 is 0 Å². The summed E-state index contributed by atoms with van der Waals surface area (Å²) in [5.74, 6) is 0.585. The van der Waals surface area contributed by atoms with Crippen molar-refractivity contribution in [1.82, 2.24) is 0 Å². The highest BCUT2D eigenvalue weighted by molar-refractivity contribution is 6.17. The van der Waals surface area contributed by atoms with E-state index in [-0.39, 0.29) is 23.5 Å².